The van der Waals surface area contributed by atoms with E-state index in [0.29, 0.717) is 26.1 Å². The zero-order chi connectivity index (χ0) is 25.0. The van der Waals surface area contributed by atoms with E-state index >= 15 is 0 Å². The van der Waals surface area contributed by atoms with Crippen molar-refractivity contribution in [3.05, 3.63) is 65.2 Å². The van der Waals surface area contributed by atoms with Crippen molar-refractivity contribution < 1.29 is 19.4 Å². The van der Waals surface area contributed by atoms with Crippen LogP contribution in [0.2, 0.25) is 0 Å². The van der Waals surface area contributed by atoms with E-state index in [0.717, 1.165) is 30.6 Å². The number of unbranched alkanes of at least 4 members (excludes halogenated alkanes) is 1. The minimum Gasteiger partial charge on any atom is -0.494 e. The molecule has 0 fully saturated rings. The largest absolute Gasteiger partial charge is 0.494 e. The Labute approximate surface area is 205 Å². The van der Waals surface area contributed by atoms with Crippen LogP contribution in [0.15, 0.2) is 48.5 Å². The smallest absolute Gasteiger partial charge is 0.407 e. The molecular weight excluding hydrogens is 428 g/mol. The Morgan fingerprint density at radius 1 is 1.03 bits per heavy atom. The Bertz CT molecular complexity index is 879. The molecule has 188 valence electrons. The number of benzene rings is 2. The Morgan fingerprint density at radius 2 is 1.74 bits per heavy atom. The van der Waals surface area contributed by atoms with Gasteiger partial charge >= 0.3 is 6.09 Å². The van der Waals surface area contributed by atoms with E-state index in [4.69, 9.17) is 9.47 Å². The van der Waals surface area contributed by atoms with Crippen LogP contribution in [0.1, 0.15) is 64.2 Å². The van der Waals surface area contributed by atoms with Crippen molar-refractivity contribution in [1.82, 2.24) is 10.6 Å². The van der Waals surface area contributed by atoms with Gasteiger partial charge < -0.3 is 25.2 Å². The summed E-state index contributed by atoms with van der Waals surface area (Å²) >= 11 is 0. The summed E-state index contributed by atoms with van der Waals surface area (Å²) in [6, 6.07) is 15.7. The highest BCUT2D eigenvalue weighted by molar-refractivity contribution is 5.68. The first-order chi connectivity index (χ1) is 16.2. The van der Waals surface area contributed by atoms with Gasteiger partial charge in [0.1, 0.15) is 11.4 Å². The third-order valence-corrected chi connectivity index (χ3v) is 5.37. The molecular formula is C28H42N2O4. The van der Waals surface area contributed by atoms with Gasteiger partial charge in [0.25, 0.3) is 0 Å². The SMILES string of the molecule is CCCCOc1cccc(C[C@H](NC(=O)OC(C)(C)C)[C@H](O)CNCc2cccc(CC)c2)c1. The molecule has 0 spiro atoms. The fourth-order valence-corrected chi connectivity index (χ4v) is 3.56. The van der Waals surface area contributed by atoms with E-state index in [1.165, 1.54) is 11.1 Å². The van der Waals surface area contributed by atoms with E-state index in [-0.39, 0.29) is 0 Å². The van der Waals surface area contributed by atoms with Crippen LogP contribution in [0.5, 0.6) is 5.75 Å². The van der Waals surface area contributed by atoms with Crippen LogP contribution in [-0.2, 0) is 24.1 Å². The predicted molar refractivity (Wildman–Crippen MR) is 137 cm³/mol. The first-order valence-corrected chi connectivity index (χ1v) is 12.4. The molecule has 0 radical (unpaired) electrons. The lowest BCUT2D eigenvalue weighted by Crippen LogP contribution is -2.49. The first-order valence-electron chi connectivity index (χ1n) is 12.4. The van der Waals surface area contributed by atoms with Gasteiger partial charge in [-0.2, -0.15) is 0 Å². The minimum atomic E-state index is -0.799. The summed E-state index contributed by atoms with van der Waals surface area (Å²) in [4.78, 5) is 12.5. The zero-order valence-corrected chi connectivity index (χ0v) is 21.4. The highest BCUT2D eigenvalue weighted by Gasteiger charge is 2.25. The number of amides is 1. The highest BCUT2D eigenvalue weighted by atomic mass is 16.6. The normalized spacial score (nSPS) is 13.2. The second kappa shape index (κ2) is 14.0. The van der Waals surface area contributed by atoms with Crippen molar-refractivity contribution in [2.24, 2.45) is 0 Å². The molecule has 0 bridgehead atoms. The fourth-order valence-electron chi connectivity index (χ4n) is 3.56. The molecule has 0 aromatic heterocycles. The number of carbonyl (C=O) groups excluding carboxylic acids is 1. The molecule has 6 heteroatoms. The Kier molecular flexibility index (Phi) is 11.4. The summed E-state index contributed by atoms with van der Waals surface area (Å²) in [5.41, 5.74) is 2.81. The van der Waals surface area contributed by atoms with Gasteiger partial charge in [-0.25, -0.2) is 4.79 Å². The average molecular weight is 471 g/mol. The van der Waals surface area contributed by atoms with Gasteiger partial charge in [-0.1, -0.05) is 56.7 Å². The van der Waals surface area contributed by atoms with Gasteiger partial charge in [-0.15, -0.1) is 0 Å². The Balaban J connectivity index is 2.04. The molecule has 0 saturated heterocycles. The van der Waals surface area contributed by atoms with Gasteiger partial charge in [0.15, 0.2) is 0 Å². The molecule has 2 atom stereocenters. The van der Waals surface area contributed by atoms with Crippen LogP contribution in [-0.4, -0.2) is 42.1 Å². The predicted octanol–water partition coefficient (Wildman–Crippen LogP) is 5.01. The monoisotopic (exact) mass is 470 g/mol. The zero-order valence-electron chi connectivity index (χ0n) is 21.4. The molecule has 3 N–H and O–H groups in total. The minimum absolute atomic E-state index is 0.337. The van der Waals surface area contributed by atoms with E-state index in [9.17, 15) is 9.90 Å². The molecule has 6 nitrogen and oxygen atoms in total. The van der Waals surface area contributed by atoms with Gasteiger partial charge in [0, 0.05) is 13.1 Å². The molecule has 2 aromatic carbocycles. The number of hydrogen-bond acceptors (Lipinski definition) is 5. The van der Waals surface area contributed by atoms with Gasteiger partial charge in [-0.3, -0.25) is 0 Å². The lowest BCUT2D eigenvalue weighted by Gasteiger charge is -2.27. The van der Waals surface area contributed by atoms with Crippen molar-refractivity contribution >= 4 is 6.09 Å². The third kappa shape index (κ3) is 10.6. The molecule has 0 aliphatic rings. The fraction of sp³-hybridized carbons (Fsp3) is 0.536. The number of rotatable bonds is 13. The topological polar surface area (TPSA) is 79.8 Å². The molecule has 2 aromatic rings. The van der Waals surface area contributed by atoms with Crippen molar-refractivity contribution in [3.63, 3.8) is 0 Å². The van der Waals surface area contributed by atoms with Crippen molar-refractivity contribution in [1.29, 1.82) is 0 Å². The maximum absolute atomic E-state index is 12.5. The maximum atomic E-state index is 12.5. The summed E-state index contributed by atoms with van der Waals surface area (Å²) < 4.78 is 11.3. The number of aliphatic hydroxyl groups is 1. The van der Waals surface area contributed by atoms with Crippen molar-refractivity contribution in [2.45, 2.75) is 84.6 Å². The van der Waals surface area contributed by atoms with E-state index < -0.39 is 23.8 Å². The summed E-state index contributed by atoms with van der Waals surface area (Å²) in [6.07, 6.45) is 2.18. The second-order valence-electron chi connectivity index (χ2n) is 9.68. The molecule has 1 amide bonds. The molecule has 0 unspecified atom stereocenters. The average Bonchev–Trinajstić information content (AvgIpc) is 2.78. The van der Waals surface area contributed by atoms with Crippen LogP contribution < -0.4 is 15.4 Å². The van der Waals surface area contributed by atoms with Crippen LogP contribution in [0.25, 0.3) is 0 Å². The summed E-state index contributed by atoms with van der Waals surface area (Å²) in [5.74, 6) is 0.797. The number of alkyl carbamates (subject to hydrolysis) is 1. The number of ether oxygens (including phenoxy) is 2. The summed E-state index contributed by atoms with van der Waals surface area (Å²) in [5, 5.41) is 17.2. The van der Waals surface area contributed by atoms with Crippen molar-refractivity contribution in [3.8, 4) is 5.75 Å². The quantitative estimate of drug-likeness (QED) is 0.359. The number of aliphatic hydroxyl groups excluding tert-OH is 1. The standard InChI is InChI=1S/C28H42N2O4/c1-6-8-15-33-24-14-10-12-22(17-24)18-25(30-27(32)34-28(3,4)5)26(31)20-29-19-23-13-9-11-21(7-2)16-23/h9-14,16-17,25-26,29,31H,6-8,15,18-20H2,1-5H3,(H,30,32)/t25-,26+/m0/s1. The molecule has 0 heterocycles. The van der Waals surface area contributed by atoms with Gasteiger partial charge in [0.05, 0.1) is 18.8 Å². The van der Waals surface area contributed by atoms with E-state index in [2.05, 4.69) is 48.7 Å². The Hall–Kier alpha value is -2.57. The molecule has 0 saturated carbocycles. The van der Waals surface area contributed by atoms with Gasteiger partial charge in [-0.05, 0) is 68.9 Å². The van der Waals surface area contributed by atoms with Crippen LogP contribution in [0.3, 0.4) is 0 Å². The Morgan fingerprint density at radius 3 is 2.44 bits per heavy atom. The van der Waals surface area contributed by atoms with Crippen LogP contribution in [0, 0.1) is 0 Å². The number of carbonyl (C=O) groups is 1. The number of aryl methyl sites for hydroxylation is 1. The van der Waals surface area contributed by atoms with Crippen LogP contribution >= 0.6 is 0 Å². The van der Waals surface area contributed by atoms with Crippen molar-refractivity contribution in [2.75, 3.05) is 13.2 Å². The lowest BCUT2D eigenvalue weighted by atomic mass is 10.0. The molecule has 34 heavy (non-hydrogen) atoms. The lowest BCUT2D eigenvalue weighted by molar-refractivity contribution is 0.0422. The molecule has 2 rings (SSSR count). The van der Waals surface area contributed by atoms with E-state index in [1.807, 2.05) is 45.0 Å². The number of hydrogen-bond donors (Lipinski definition) is 3. The van der Waals surface area contributed by atoms with E-state index in [1.54, 1.807) is 0 Å². The van der Waals surface area contributed by atoms with Crippen LogP contribution in [0.4, 0.5) is 4.79 Å². The number of nitrogens with one attached hydrogen (secondary N) is 2. The summed E-state index contributed by atoms with van der Waals surface area (Å²) in [7, 11) is 0. The molecule has 0 aliphatic heterocycles. The highest BCUT2D eigenvalue weighted by Crippen LogP contribution is 2.17. The third-order valence-electron chi connectivity index (χ3n) is 5.37. The summed E-state index contributed by atoms with van der Waals surface area (Å²) in [6.45, 7) is 11.4. The maximum Gasteiger partial charge on any atom is 0.407 e. The second-order valence-corrected chi connectivity index (χ2v) is 9.68. The first kappa shape index (κ1) is 27.7. The van der Waals surface area contributed by atoms with Gasteiger partial charge in [0.2, 0.25) is 0 Å². The molecule has 0 aliphatic carbocycles.